The second kappa shape index (κ2) is 8.13. The smallest absolute Gasteiger partial charge is 0.256 e. The molecule has 0 spiro atoms. The molecule has 8 nitrogen and oxygen atoms in total. The van der Waals surface area contributed by atoms with Gasteiger partial charge in [-0.15, -0.1) is 0 Å². The third-order valence-corrected chi connectivity index (χ3v) is 5.87. The Bertz CT molecular complexity index is 758. The molecule has 0 unspecified atom stereocenters. The minimum atomic E-state index is -3.54. The van der Waals surface area contributed by atoms with Gasteiger partial charge in [0.05, 0.1) is 31.7 Å². The third kappa shape index (κ3) is 4.21. The molecule has 0 saturated carbocycles. The standard InChI is InChI=1S/C17H27N3O5S/c1-6-19-7-9-20(10-8-19)17(21)13-11-15(24-3)16(25-4)12-14(13)18(2)26(5,22)23/h11-12H,6-10H2,1-5H3. The van der Waals surface area contributed by atoms with Crippen LogP contribution in [0.5, 0.6) is 11.5 Å². The normalized spacial score (nSPS) is 15.7. The van der Waals surface area contributed by atoms with Crippen molar-refractivity contribution < 1.29 is 22.7 Å². The summed E-state index contributed by atoms with van der Waals surface area (Å²) < 4.78 is 35.7. The number of hydrogen-bond acceptors (Lipinski definition) is 6. The van der Waals surface area contributed by atoms with Crippen molar-refractivity contribution in [2.45, 2.75) is 6.92 Å². The number of carbonyl (C=O) groups is 1. The predicted molar refractivity (Wildman–Crippen MR) is 101 cm³/mol. The van der Waals surface area contributed by atoms with E-state index in [1.165, 1.54) is 27.3 Å². The number of rotatable bonds is 6. The molecule has 1 aromatic rings. The van der Waals surface area contributed by atoms with E-state index in [1.54, 1.807) is 11.0 Å². The quantitative estimate of drug-likeness (QED) is 0.723. The van der Waals surface area contributed by atoms with Crippen LogP contribution in [0.1, 0.15) is 17.3 Å². The molecule has 0 radical (unpaired) electrons. The summed E-state index contributed by atoms with van der Waals surface area (Å²) >= 11 is 0. The van der Waals surface area contributed by atoms with E-state index < -0.39 is 10.0 Å². The maximum atomic E-state index is 13.1. The van der Waals surface area contributed by atoms with Gasteiger partial charge in [0, 0.05) is 39.3 Å². The Morgan fingerprint density at radius 3 is 2.12 bits per heavy atom. The number of sulfonamides is 1. The molecular formula is C17H27N3O5S. The molecule has 0 aromatic heterocycles. The van der Waals surface area contributed by atoms with Gasteiger partial charge >= 0.3 is 0 Å². The minimum Gasteiger partial charge on any atom is -0.493 e. The van der Waals surface area contributed by atoms with E-state index in [0.29, 0.717) is 24.6 Å². The number of methoxy groups -OCH3 is 2. The fourth-order valence-corrected chi connectivity index (χ4v) is 3.42. The molecule has 1 heterocycles. The van der Waals surface area contributed by atoms with Gasteiger partial charge < -0.3 is 19.3 Å². The molecule has 9 heteroatoms. The Kier molecular flexibility index (Phi) is 6.35. The van der Waals surface area contributed by atoms with E-state index >= 15 is 0 Å². The van der Waals surface area contributed by atoms with Crippen molar-refractivity contribution >= 4 is 21.6 Å². The largest absolute Gasteiger partial charge is 0.493 e. The van der Waals surface area contributed by atoms with Gasteiger partial charge in [0.1, 0.15) is 0 Å². The van der Waals surface area contributed by atoms with Gasteiger partial charge in [-0.05, 0) is 12.6 Å². The summed E-state index contributed by atoms with van der Waals surface area (Å²) in [7, 11) is 0.821. The van der Waals surface area contributed by atoms with Gasteiger partial charge in [-0.25, -0.2) is 8.42 Å². The second-order valence-electron chi connectivity index (χ2n) is 6.18. The lowest BCUT2D eigenvalue weighted by Gasteiger charge is -2.34. The van der Waals surface area contributed by atoms with Crippen LogP contribution in [-0.2, 0) is 10.0 Å². The number of likely N-dealkylation sites (N-methyl/N-ethyl adjacent to an activating group) is 1. The Morgan fingerprint density at radius 1 is 1.12 bits per heavy atom. The fourth-order valence-electron chi connectivity index (χ4n) is 2.92. The molecule has 1 amide bonds. The van der Waals surface area contributed by atoms with Gasteiger partial charge in [0.2, 0.25) is 10.0 Å². The highest BCUT2D eigenvalue weighted by Gasteiger charge is 2.28. The van der Waals surface area contributed by atoms with Crippen LogP contribution in [0.3, 0.4) is 0 Å². The van der Waals surface area contributed by atoms with Gasteiger partial charge in [0.15, 0.2) is 11.5 Å². The van der Waals surface area contributed by atoms with Crippen LogP contribution in [0.4, 0.5) is 5.69 Å². The monoisotopic (exact) mass is 385 g/mol. The first kappa shape index (κ1) is 20.3. The van der Waals surface area contributed by atoms with Crippen molar-refractivity contribution in [1.82, 2.24) is 9.80 Å². The highest BCUT2D eigenvalue weighted by Crippen LogP contribution is 2.36. The van der Waals surface area contributed by atoms with E-state index in [9.17, 15) is 13.2 Å². The maximum Gasteiger partial charge on any atom is 0.256 e. The molecule has 1 saturated heterocycles. The zero-order valence-electron chi connectivity index (χ0n) is 16.0. The third-order valence-electron chi connectivity index (χ3n) is 4.68. The number of anilines is 1. The van der Waals surface area contributed by atoms with Gasteiger partial charge in [-0.3, -0.25) is 9.10 Å². The number of hydrogen-bond donors (Lipinski definition) is 0. The highest BCUT2D eigenvalue weighted by atomic mass is 32.2. The van der Waals surface area contributed by atoms with Gasteiger partial charge in [-0.2, -0.15) is 0 Å². The number of piperazine rings is 1. The molecular weight excluding hydrogens is 358 g/mol. The summed E-state index contributed by atoms with van der Waals surface area (Å²) in [5.74, 6) is 0.534. The van der Waals surface area contributed by atoms with Crippen LogP contribution in [0.2, 0.25) is 0 Å². The summed E-state index contributed by atoms with van der Waals surface area (Å²) in [6.45, 7) is 5.83. The molecule has 26 heavy (non-hydrogen) atoms. The van der Waals surface area contributed by atoms with Crippen LogP contribution >= 0.6 is 0 Å². The average Bonchev–Trinajstić information content (AvgIpc) is 2.65. The minimum absolute atomic E-state index is 0.216. The van der Waals surface area contributed by atoms with E-state index in [2.05, 4.69) is 11.8 Å². The lowest BCUT2D eigenvalue weighted by molar-refractivity contribution is 0.0644. The number of carbonyl (C=O) groups excluding carboxylic acids is 1. The van der Waals surface area contributed by atoms with E-state index in [4.69, 9.17) is 9.47 Å². The Labute approximate surface area is 155 Å². The first-order valence-corrected chi connectivity index (χ1v) is 10.3. The number of ether oxygens (including phenoxy) is 2. The summed E-state index contributed by atoms with van der Waals surface area (Å²) in [6, 6.07) is 3.07. The zero-order chi connectivity index (χ0) is 19.5. The highest BCUT2D eigenvalue weighted by molar-refractivity contribution is 7.92. The molecule has 2 rings (SSSR count). The zero-order valence-corrected chi connectivity index (χ0v) is 16.8. The second-order valence-corrected chi connectivity index (χ2v) is 8.20. The van der Waals surface area contributed by atoms with Crippen LogP contribution in [0.25, 0.3) is 0 Å². The molecule has 0 N–H and O–H groups in total. The van der Waals surface area contributed by atoms with E-state index in [0.717, 1.165) is 30.2 Å². The number of amides is 1. The van der Waals surface area contributed by atoms with Crippen LogP contribution < -0.4 is 13.8 Å². The Balaban J connectivity index is 2.46. The Hall–Kier alpha value is -2.00. The van der Waals surface area contributed by atoms with Crippen molar-refractivity contribution in [2.75, 3.05) is 64.6 Å². The first-order chi connectivity index (χ1) is 12.2. The maximum absolute atomic E-state index is 13.1. The molecule has 146 valence electrons. The van der Waals surface area contributed by atoms with Crippen LogP contribution in [0, 0.1) is 0 Å². The molecule has 0 atom stereocenters. The topological polar surface area (TPSA) is 79.4 Å². The van der Waals surface area contributed by atoms with Crippen molar-refractivity contribution in [1.29, 1.82) is 0 Å². The summed E-state index contributed by atoms with van der Waals surface area (Å²) in [5.41, 5.74) is 0.550. The molecule has 0 aliphatic carbocycles. The van der Waals surface area contributed by atoms with Crippen LogP contribution in [0.15, 0.2) is 12.1 Å². The lowest BCUT2D eigenvalue weighted by atomic mass is 10.1. The van der Waals surface area contributed by atoms with Crippen molar-refractivity contribution in [3.8, 4) is 11.5 Å². The molecule has 1 aliphatic heterocycles. The summed E-state index contributed by atoms with van der Waals surface area (Å²) in [5, 5.41) is 0. The van der Waals surface area contributed by atoms with E-state index in [1.807, 2.05) is 0 Å². The van der Waals surface area contributed by atoms with Crippen molar-refractivity contribution in [3.63, 3.8) is 0 Å². The lowest BCUT2D eigenvalue weighted by Crippen LogP contribution is -2.48. The molecule has 1 aromatic carbocycles. The van der Waals surface area contributed by atoms with Crippen LogP contribution in [-0.4, -0.2) is 84.4 Å². The summed E-state index contributed by atoms with van der Waals surface area (Å²) in [4.78, 5) is 17.1. The number of nitrogens with zero attached hydrogens (tertiary/aromatic N) is 3. The van der Waals surface area contributed by atoms with Crippen molar-refractivity contribution in [3.05, 3.63) is 17.7 Å². The SMILES string of the molecule is CCN1CCN(C(=O)c2cc(OC)c(OC)cc2N(C)S(C)(=O)=O)CC1. The first-order valence-electron chi connectivity index (χ1n) is 8.44. The molecule has 1 fully saturated rings. The average molecular weight is 385 g/mol. The van der Waals surface area contributed by atoms with Gasteiger partial charge in [-0.1, -0.05) is 6.92 Å². The van der Waals surface area contributed by atoms with Crippen molar-refractivity contribution in [2.24, 2.45) is 0 Å². The number of benzene rings is 1. The van der Waals surface area contributed by atoms with E-state index in [-0.39, 0.29) is 17.2 Å². The summed E-state index contributed by atoms with van der Waals surface area (Å²) in [6.07, 6.45) is 1.10. The molecule has 1 aliphatic rings. The Morgan fingerprint density at radius 2 is 1.65 bits per heavy atom. The predicted octanol–water partition coefficient (Wildman–Crippen LogP) is 0.877. The molecule has 0 bridgehead atoms. The fraction of sp³-hybridized carbons (Fsp3) is 0.588. The van der Waals surface area contributed by atoms with Gasteiger partial charge in [0.25, 0.3) is 5.91 Å².